The Morgan fingerprint density at radius 2 is 1.69 bits per heavy atom. The number of rotatable bonds is 7. The number of fused-ring (bicyclic) bond motifs is 1. The van der Waals surface area contributed by atoms with Gasteiger partial charge in [-0.05, 0) is 43.4 Å². The van der Waals surface area contributed by atoms with Crippen molar-refractivity contribution in [2.45, 2.75) is 84.7 Å². The Balaban J connectivity index is 1.88. The van der Waals surface area contributed by atoms with Crippen molar-refractivity contribution < 1.29 is 13.2 Å². The number of nitrogens with zero attached hydrogens (tertiary/aromatic N) is 4. The molecule has 4 rings (SSSR count). The van der Waals surface area contributed by atoms with Gasteiger partial charge in [0.15, 0.2) is 11.2 Å². The molecule has 0 unspecified atom stereocenters. The Kier molecular flexibility index (Phi) is 7.10. The fourth-order valence-electron chi connectivity index (χ4n) is 4.77. The molecule has 0 spiro atoms. The van der Waals surface area contributed by atoms with Crippen LogP contribution in [-0.4, -0.2) is 24.7 Å². The molecule has 0 atom stereocenters. The summed E-state index contributed by atoms with van der Waals surface area (Å²) in [6.07, 6.45) is 0.892. The number of aromatic nitrogens is 4. The summed E-state index contributed by atoms with van der Waals surface area (Å²) >= 11 is 0. The molecule has 1 N–H and O–H groups in total. The summed E-state index contributed by atoms with van der Waals surface area (Å²) < 4.78 is 43.6. The van der Waals surface area contributed by atoms with E-state index in [0.29, 0.717) is 23.7 Å². The monoisotopic (exact) mass is 491 g/mol. The van der Waals surface area contributed by atoms with Gasteiger partial charge in [0.05, 0.1) is 12.1 Å². The highest BCUT2D eigenvalue weighted by Gasteiger charge is 2.30. The van der Waals surface area contributed by atoms with Crippen molar-refractivity contribution in [3.63, 3.8) is 0 Å². The molecule has 0 bridgehead atoms. The molecular weight excluding hydrogens is 459 g/mol. The molecule has 3 aromatic rings. The Hall–Kier alpha value is -3.04. The van der Waals surface area contributed by atoms with Crippen molar-refractivity contribution in [3.8, 4) is 0 Å². The molecule has 190 valence electrons. The molecule has 1 aromatic carbocycles. The molecule has 1 fully saturated rings. The van der Waals surface area contributed by atoms with Crippen LogP contribution in [0.5, 0.6) is 0 Å². The maximum atomic E-state index is 13.4. The van der Waals surface area contributed by atoms with Gasteiger partial charge in [0.2, 0.25) is 5.95 Å². The largest absolute Gasteiger partial charge is 0.416 e. The van der Waals surface area contributed by atoms with Crippen LogP contribution in [0.4, 0.5) is 19.1 Å². The standard InChI is InChI=1S/C25H32F3N5O2/c1-4-31-22(34)20-21(33(24(31)35)14-16(2)3)30-23(29-19-8-6-5-7-9-19)32(20)15-17-10-12-18(13-11-17)25(26,27)28/h10-13,16,19H,4-9,14-15H2,1-3H3,(H,29,30). The van der Waals surface area contributed by atoms with E-state index < -0.39 is 23.0 Å². The molecule has 0 saturated heterocycles. The van der Waals surface area contributed by atoms with E-state index in [1.165, 1.54) is 23.1 Å². The predicted octanol–water partition coefficient (Wildman–Crippen LogP) is 4.85. The summed E-state index contributed by atoms with van der Waals surface area (Å²) in [6, 6.07) is 5.11. The highest BCUT2D eigenvalue weighted by atomic mass is 19.4. The molecular formula is C25H32F3N5O2. The summed E-state index contributed by atoms with van der Waals surface area (Å²) in [5.74, 6) is 0.614. The van der Waals surface area contributed by atoms with Gasteiger partial charge >= 0.3 is 11.9 Å². The maximum Gasteiger partial charge on any atom is 0.416 e. The minimum Gasteiger partial charge on any atom is -0.353 e. The summed E-state index contributed by atoms with van der Waals surface area (Å²) in [4.78, 5) is 31.3. The van der Waals surface area contributed by atoms with Crippen LogP contribution in [0.15, 0.2) is 33.9 Å². The van der Waals surface area contributed by atoms with Gasteiger partial charge in [-0.2, -0.15) is 18.2 Å². The molecule has 35 heavy (non-hydrogen) atoms. The van der Waals surface area contributed by atoms with Gasteiger partial charge in [-0.25, -0.2) is 4.79 Å². The van der Waals surface area contributed by atoms with Crippen molar-refractivity contribution >= 4 is 17.1 Å². The second kappa shape index (κ2) is 9.91. The first-order valence-electron chi connectivity index (χ1n) is 12.3. The van der Waals surface area contributed by atoms with Crippen LogP contribution in [0.25, 0.3) is 11.2 Å². The van der Waals surface area contributed by atoms with Crippen LogP contribution in [0.2, 0.25) is 0 Å². The predicted molar refractivity (Wildman–Crippen MR) is 130 cm³/mol. The summed E-state index contributed by atoms with van der Waals surface area (Å²) in [5.41, 5.74) is -0.371. The lowest BCUT2D eigenvalue weighted by Crippen LogP contribution is -2.40. The van der Waals surface area contributed by atoms with Crippen molar-refractivity contribution in [1.29, 1.82) is 0 Å². The van der Waals surface area contributed by atoms with Gasteiger partial charge in [0.1, 0.15) is 0 Å². The summed E-state index contributed by atoms with van der Waals surface area (Å²) in [6.45, 7) is 6.48. The zero-order valence-electron chi connectivity index (χ0n) is 20.4. The smallest absolute Gasteiger partial charge is 0.353 e. The Morgan fingerprint density at radius 3 is 2.26 bits per heavy atom. The second-order valence-electron chi connectivity index (χ2n) is 9.70. The molecule has 2 aromatic heterocycles. The first-order chi connectivity index (χ1) is 16.6. The minimum atomic E-state index is -4.42. The number of anilines is 1. The van der Waals surface area contributed by atoms with Crippen molar-refractivity contribution in [3.05, 3.63) is 56.2 Å². The lowest BCUT2D eigenvalue weighted by molar-refractivity contribution is -0.137. The van der Waals surface area contributed by atoms with Gasteiger partial charge in [0.25, 0.3) is 5.56 Å². The third kappa shape index (κ3) is 5.16. The molecule has 10 heteroatoms. The molecule has 0 amide bonds. The van der Waals surface area contributed by atoms with Crippen LogP contribution in [0.1, 0.15) is 64.0 Å². The van der Waals surface area contributed by atoms with E-state index in [1.807, 2.05) is 13.8 Å². The van der Waals surface area contributed by atoms with Crippen molar-refractivity contribution in [2.24, 2.45) is 5.92 Å². The molecule has 0 aliphatic heterocycles. The van der Waals surface area contributed by atoms with Crippen LogP contribution in [-0.2, 0) is 25.8 Å². The topological polar surface area (TPSA) is 73.8 Å². The lowest BCUT2D eigenvalue weighted by atomic mass is 9.96. The maximum absolute atomic E-state index is 13.4. The quantitative estimate of drug-likeness (QED) is 0.513. The van der Waals surface area contributed by atoms with Crippen LogP contribution >= 0.6 is 0 Å². The zero-order valence-corrected chi connectivity index (χ0v) is 20.4. The molecule has 7 nitrogen and oxygen atoms in total. The van der Waals surface area contributed by atoms with E-state index in [-0.39, 0.29) is 30.6 Å². The average Bonchev–Trinajstić information content (AvgIpc) is 3.15. The third-order valence-electron chi connectivity index (χ3n) is 6.54. The number of hydrogen-bond donors (Lipinski definition) is 1. The normalized spacial score (nSPS) is 15.3. The number of alkyl halides is 3. The van der Waals surface area contributed by atoms with Gasteiger partial charge in [-0.3, -0.25) is 18.5 Å². The fraction of sp³-hybridized carbons (Fsp3) is 0.560. The summed E-state index contributed by atoms with van der Waals surface area (Å²) in [7, 11) is 0. The number of nitrogens with one attached hydrogen (secondary N) is 1. The fourth-order valence-corrected chi connectivity index (χ4v) is 4.77. The Morgan fingerprint density at radius 1 is 1.03 bits per heavy atom. The van der Waals surface area contributed by atoms with Crippen LogP contribution in [0.3, 0.4) is 0 Å². The summed E-state index contributed by atoms with van der Waals surface area (Å²) in [5, 5.41) is 3.47. The van der Waals surface area contributed by atoms with Gasteiger partial charge < -0.3 is 5.32 Å². The van der Waals surface area contributed by atoms with Crippen LogP contribution < -0.4 is 16.6 Å². The molecule has 1 aliphatic rings. The molecule has 0 radical (unpaired) electrons. The van der Waals surface area contributed by atoms with Crippen LogP contribution in [0, 0.1) is 5.92 Å². The third-order valence-corrected chi connectivity index (χ3v) is 6.54. The lowest BCUT2D eigenvalue weighted by Gasteiger charge is -2.23. The molecule has 2 heterocycles. The second-order valence-corrected chi connectivity index (χ2v) is 9.70. The van der Waals surface area contributed by atoms with Gasteiger partial charge in [-0.15, -0.1) is 0 Å². The average molecular weight is 492 g/mol. The number of benzene rings is 1. The van der Waals surface area contributed by atoms with E-state index in [4.69, 9.17) is 4.98 Å². The SMILES string of the molecule is CCn1c(=O)c2c(nc(NC3CCCCC3)n2Cc2ccc(C(F)(F)F)cc2)n(CC(C)C)c1=O. The minimum absolute atomic E-state index is 0.147. The highest BCUT2D eigenvalue weighted by molar-refractivity contribution is 5.74. The Bertz CT molecular complexity index is 1300. The van der Waals surface area contributed by atoms with Gasteiger partial charge in [0, 0.05) is 19.1 Å². The van der Waals surface area contributed by atoms with E-state index in [9.17, 15) is 22.8 Å². The molecule has 1 aliphatic carbocycles. The van der Waals surface area contributed by atoms with E-state index in [0.717, 1.165) is 37.8 Å². The first kappa shape index (κ1) is 25.1. The molecule has 1 saturated carbocycles. The zero-order chi connectivity index (χ0) is 25.3. The first-order valence-corrected chi connectivity index (χ1v) is 12.3. The van der Waals surface area contributed by atoms with Crippen molar-refractivity contribution in [1.82, 2.24) is 18.7 Å². The van der Waals surface area contributed by atoms with E-state index >= 15 is 0 Å². The van der Waals surface area contributed by atoms with E-state index in [2.05, 4.69) is 5.32 Å². The van der Waals surface area contributed by atoms with Crippen molar-refractivity contribution in [2.75, 3.05) is 5.32 Å². The van der Waals surface area contributed by atoms with E-state index in [1.54, 1.807) is 16.1 Å². The Labute approximate surface area is 201 Å². The highest BCUT2D eigenvalue weighted by Crippen LogP contribution is 2.30. The number of hydrogen-bond acceptors (Lipinski definition) is 4. The number of halogens is 3. The number of imidazole rings is 1. The van der Waals surface area contributed by atoms with Gasteiger partial charge in [-0.1, -0.05) is 45.2 Å².